The van der Waals surface area contributed by atoms with Crippen LogP contribution in [0.4, 0.5) is 0 Å². The first-order chi connectivity index (χ1) is 7.78. The molecule has 0 heterocycles. The molecule has 16 heavy (non-hydrogen) atoms. The van der Waals surface area contributed by atoms with Crippen LogP contribution in [0, 0.1) is 11.8 Å². The first-order valence-corrected chi connectivity index (χ1v) is 6.49. The number of carbonyl (C=O) groups excluding carboxylic acids is 1. The van der Waals surface area contributed by atoms with Crippen molar-refractivity contribution < 1.29 is 4.79 Å². The van der Waals surface area contributed by atoms with Crippen molar-refractivity contribution in [3.63, 3.8) is 0 Å². The molecule has 2 saturated carbocycles. The zero-order valence-corrected chi connectivity index (χ0v) is 9.95. The van der Waals surface area contributed by atoms with Crippen molar-refractivity contribution in [3.8, 4) is 0 Å². The van der Waals surface area contributed by atoms with Gasteiger partial charge in [-0.25, -0.2) is 5.84 Å². The predicted octanol–water partition coefficient (Wildman–Crippen LogP) is 0.878. The maximum atomic E-state index is 11.0. The topological polar surface area (TPSA) is 58.4 Å². The van der Waals surface area contributed by atoms with Gasteiger partial charge in [-0.2, -0.15) is 0 Å². The van der Waals surface area contributed by atoms with E-state index in [0.717, 1.165) is 24.8 Å². The molecule has 4 nitrogen and oxygen atoms in total. The van der Waals surface area contributed by atoms with E-state index < -0.39 is 0 Å². The molecule has 0 bridgehead atoms. The lowest BCUT2D eigenvalue weighted by Gasteiger charge is -2.21. The summed E-state index contributed by atoms with van der Waals surface area (Å²) in [6.07, 6.45) is 7.12. The van der Waals surface area contributed by atoms with Gasteiger partial charge in [0.1, 0.15) is 0 Å². The van der Waals surface area contributed by atoms with Crippen LogP contribution in [0.3, 0.4) is 0 Å². The Morgan fingerprint density at radius 1 is 1.19 bits per heavy atom. The maximum absolute atomic E-state index is 11.0. The van der Waals surface area contributed by atoms with Crippen LogP contribution in [0.25, 0.3) is 0 Å². The Balaban J connectivity index is 1.61. The molecule has 0 aliphatic heterocycles. The molecule has 0 unspecified atom stereocenters. The zero-order chi connectivity index (χ0) is 11.4. The fourth-order valence-electron chi connectivity index (χ4n) is 2.12. The highest BCUT2D eigenvalue weighted by atomic mass is 16.2. The molecule has 3 N–H and O–H groups in total. The van der Waals surface area contributed by atoms with Gasteiger partial charge in [-0.1, -0.05) is 0 Å². The molecule has 1 amide bonds. The Kier molecular flexibility index (Phi) is 4.18. The largest absolute Gasteiger partial charge is 0.303 e. The van der Waals surface area contributed by atoms with Gasteiger partial charge in [-0.15, -0.1) is 0 Å². The highest BCUT2D eigenvalue weighted by Crippen LogP contribution is 2.33. The molecule has 0 aromatic carbocycles. The third-order valence-electron chi connectivity index (χ3n) is 3.47. The van der Waals surface area contributed by atoms with Crippen LogP contribution in [-0.2, 0) is 4.79 Å². The Morgan fingerprint density at radius 3 is 2.19 bits per heavy atom. The summed E-state index contributed by atoms with van der Waals surface area (Å²) in [5.41, 5.74) is 2.19. The second kappa shape index (κ2) is 5.64. The Labute approximate surface area is 97.5 Å². The summed E-state index contributed by atoms with van der Waals surface area (Å²) in [5.74, 6) is 6.91. The highest BCUT2D eigenvalue weighted by Gasteiger charge is 2.28. The van der Waals surface area contributed by atoms with Gasteiger partial charge in [0.2, 0.25) is 5.91 Å². The molecule has 92 valence electrons. The quantitative estimate of drug-likeness (QED) is 0.366. The first-order valence-electron chi connectivity index (χ1n) is 6.49. The summed E-state index contributed by atoms with van der Waals surface area (Å²) in [6, 6.07) is 0. The molecular formula is C12H23N3O. The molecule has 0 aromatic heterocycles. The average Bonchev–Trinajstić information content (AvgIpc) is 3.12. The number of hydrazine groups is 1. The standard InChI is InChI=1S/C12H23N3O/c13-14-12(16)2-1-7-15(8-10-3-4-10)9-11-5-6-11/h10-11H,1-9,13H2,(H,14,16). The van der Waals surface area contributed by atoms with E-state index in [2.05, 4.69) is 10.3 Å². The summed E-state index contributed by atoms with van der Waals surface area (Å²) in [5, 5.41) is 0. The van der Waals surface area contributed by atoms with Gasteiger partial charge in [-0.05, 0) is 50.5 Å². The number of nitrogens with one attached hydrogen (secondary N) is 1. The minimum atomic E-state index is -0.0437. The zero-order valence-electron chi connectivity index (χ0n) is 9.95. The second-order valence-corrected chi connectivity index (χ2v) is 5.32. The molecule has 2 rings (SSSR count). The molecule has 0 radical (unpaired) electrons. The molecule has 0 spiro atoms. The average molecular weight is 225 g/mol. The van der Waals surface area contributed by atoms with Crippen molar-refractivity contribution >= 4 is 5.91 Å². The lowest BCUT2D eigenvalue weighted by Crippen LogP contribution is -2.32. The normalized spacial score (nSPS) is 20.1. The van der Waals surface area contributed by atoms with E-state index in [1.54, 1.807) is 0 Å². The van der Waals surface area contributed by atoms with Crippen molar-refractivity contribution in [2.75, 3.05) is 19.6 Å². The summed E-state index contributed by atoms with van der Waals surface area (Å²) >= 11 is 0. The number of hydrogen-bond donors (Lipinski definition) is 2. The predicted molar refractivity (Wildman–Crippen MR) is 63.5 cm³/mol. The van der Waals surface area contributed by atoms with Gasteiger partial charge in [-0.3, -0.25) is 10.2 Å². The van der Waals surface area contributed by atoms with E-state index in [4.69, 9.17) is 5.84 Å². The smallest absolute Gasteiger partial charge is 0.233 e. The molecule has 2 aliphatic rings. The molecule has 0 atom stereocenters. The third kappa shape index (κ3) is 4.49. The minimum absolute atomic E-state index is 0.0437. The van der Waals surface area contributed by atoms with E-state index >= 15 is 0 Å². The van der Waals surface area contributed by atoms with Crippen LogP contribution < -0.4 is 11.3 Å². The second-order valence-electron chi connectivity index (χ2n) is 5.32. The van der Waals surface area contributed by atoms with Gasteiger partial charge >= 0.3 is 0 Å². The summed E-state index contributed by atoms with van der Waals surface area (Å²) in [4.78, 5) is 13.6. The van der Waals surface area contributed by atoms with Crippen molar-refractivity contribution in [1.29, 1.82) is 0 Å². The third-order valence-corrected chi connectivity index (χ3v) is 3.47. The van der Waals surface area contributed by atoms with E-state index in [-0.39, 0.29) is 5.91 Å². The number of nitrogens with zero attached hydrogens (tertiary/aromatic N) is 1. The van der Waals surface area contributed by atoms with Crippen molar-refractivity contribution in [3.05, 3.63) is 0 Å². The highest BCUT2D eigenvalue weighted by molar-refractivity contribution is 5.75. The lowest BCUT2D eigenvalue weighted by molar-refractivity contribution is -0.121. The van der Waals surface area contributed by atoms with Crippen LogP contribution in [0.5, 0.6) is 0 Å². The number of nitrogens with two attached hydrogens (primary N) is 1. The number of rotatable bonds is 8. The SMILES string of the molecule is NNC(=O)CCCN(CC1CC1)CC1CC1. The van der Waals surface area contributed by atoms with Crippen LogP contribution in [-0.4, -0.2) is 30.4 Å². The van der Waals surface area contributed by atoms with E-state index in [1.807, 2.05) is 0 Å². The summed E-state index contributed by atoms with van der Waals surface area (Å²) in [7, 11) is 0. The molecule has 0 saturated heterocycles. The van der Waals surface area contributed by atoms with Crippen LogP contribution >= 0.6 is 0 Å². The number of hydrogen-bond acceptors (Lipinski definition) is 3. The van der Waals surface area contributed by atoms with Crippen molar-refractivity contribution in [2.45, 2.75) is 38.5 Å². The van der Waals surface area contributed by atoms with E-state index in [0.29, 0.717) is 6.42 Å². The Hall–Kier alpha value is -0.610. The van der Waals surface area contributed by atoms with Crippen LogP contribution in [0.15, 0.2) is 0 Å². The van der Waals surface area contributed by atoms with Crippen molar-refractivity contribution in [1.82, 2.24) is 10.3 Å². The van der Waals surface area contributed by atoms with Crippen molar-refractivity contribution in [2.24, 2.45) is 17.7 Å². The van der Waals surface area contributed by atoms with E-state index in [1.165, 1.54) is 38.8 Å². The van der Waals surface area contributed by atoms with Gasteiger partial charge in [0, 0.05) is 19.5 Å². The molecular weight excluding hydrogens is 202 g/mol. The van der Waals surface area contributed by atoms with Crippen LogP contribution in [0.1, 0.15) is 38.5 Å². The molecule has 0 aromatic rings. The van der Waals surface area contributed by atoms with E-state index in [9.17, 15) is 4.79 Å². The fourth-order valence-corrected chi connectivity index (χ4v) is 2.12. The van der Waals surface area contributed by atoms with Gasteiger partial charge in [0.15, 0.2) is 0 Å². The van der Waals surface area contributed by atoms with Gasteiger partial charge in [0.05, 0.1) is 0 Å². The Morgan fingerprint density at radius 2 is 1.75 bits per heavy atom. The summed E-state index contributed by atoms with van der Waals surface area (Å²) < 4.78 is 0. The number of amides is 1. The fraction of sp³-hybridized carbons (Fsp3) is 0.917. The maximum Gasteiger partial charge on any atom is 0.233 e. The van der Waals surface area contributed by atoms with Gasteiger partial charge in [0.25, 0.3) is 0 Å². The molecule has 2 fully saturated rings. The summed E-state index contributed by atoms with van der Waals surface area (Å²) in [6.45, 7) is 3.56. The molecule has 4 heteroatoms. The van der Waals surface area contributed by atoms with Gasteiger partial charge < -0.3 is 4.90 Å². The molecule has 2 aliphatic carbocycles. The Bertz CT molecular complexity index is 222. The first kappa shape index (κ1) is 11.9. The monoisotopic (exact) mass is 225 g/mol. The lowest BCUT2D eigenvalue weighted by atomic mass is 10.2. The van der Waals surface area contributed by atoms with Crippen LogP contribution in [0.2, 0.25) is 0 Å². The number of carbonyl (C=O) groups is 1. The minimum Gasteiger partial charge on any atom is -0.303 e.